The van der Waals surface area contributed by atoms with E-state index in [9.17, 15) is 14.7 Å². The number of imide groups is 1. The fraction of sp³-hybridized carbons (Fsp3) is 0.500. The van der Waals surface area contributed by atoms with E-state index in [1.54, 1.807) is 0 Å². The van der Waals surface area contributed by atoms with Crippen LogP contribution in [0.5, 0.6) is 0 Å². The molecular weight excluding hydrogens is 254 g/mol. The Bertz CT molecular complexity index is 494. The zero-order valence-corrected chi connectivity index (χ0v) is 12.0. The van der Waals surface area contributed by atoms with E-state index >= 15 is 0 Å². The smallest absolute Gasteiger partial charge is 0.236 e. The van der Waals surface area contributed by atoms with Gasteiger partial charge in [0.25, 0.3) is 0 Å². The van der Waals surface area contributed by atoms with Crippen LogP contribution in [0.25, 0.3) is 0 Å². The van der Waals surface area contributed by atoms with Crippen LogP contribution in [-0.2, 0) is 9.59 Å². The number of hydrogen-bond donors (Lipinski definition) is 1. The molecule has 0 aromatic heterocycles. The number of aliphatic hydroxyl groups excluding tert-OH is 1. The van der Waals surface area contributed by atoms with Crippen molar-refractivity contribution in [2.45, 2.75) is 39.2 Å². The maximum absolute atomic E-state index is 12.7. The summed E-state index contributed by atoms with van der Waals surface area (Å²) in [6.45, 7) is 3.63. The predicted octanol–water partition coefficient (Wildman–Crippen LogP) is 2.29. The summed E-state index contributed by atoms with van der Waals surface area (Å²) in [4.78, 5) is 26.2. The van der Waals surface area contributed by atoms with E-state index in [2.05, 4.69) is 0 Å². The number of carbonyl (C=O) groups is 2. The Morgan fingerprint density at radius 3 is 2.25 bits per heavy atom. The molecule has 0 aliphatic carbocycles. The number of hydrogen-bond acceptors (Lipinski definition) is 3. The van der Waals surface area contributed by atoms with E-state index in [0.717, 1.165) is 5.56 Å². The zero-order valence-electron chi connectivity index (χ0n) is 12.0. The quantitative estimate of drug-likeness (QED) is 0.839. The van der Waals surface area contributed by atoms with Crippen LogP contribution in [0.1, 0.15) is 44.7 Å². The Labute approximate surface area is 119 Å². The predicted molar refractivity (Wildman–Crippen MR) is 75.8 cm³/mol. The monoisotopic (exact) mass is 275 g/mol. The molecule has 1 N–H and O–H groups in total. The van der Waals surface area contributed by atoms with Crippen LogP contribution < -0.4 is 0 Å². The summed E-state index contributed by atoms with van der Waals surface area (Å²) >= 11 is 0. The van der Waals surface area contributed by atoms with Crippen LogP contribution in [0.15, 0.2) is 30.3 Å². The van der Waals surface area contributed by atoms with Gasteiger partial charge in [0.2, 0.25) is 11.8 Å². The summed E-state index contributed by atoms with van der Waals surface area (Å²) in [5.41, 5.74) is 0.207. The highest BCUT2D eigenvalue weighted by Gasteiger charge is 2.51. The topological polar surface area (TPSA) is 57.6 Å². The summed E-state index contributed by atoms with van der Waals surface area (Å²) < 4.78 is 0. The molecule has 0 saturated carbocycles. The van der Waals surface area contributed by atoms with Crippen molar-refractivity contribution in [2.75, 3.05) is 6.61 Å². The zero-order chi connectivity index (χ0) is 14.8. The van der Waals surface area contributed by atoms with Gasteiger partial charge in [0.15, 0.2) is 0 Å². The van der Waals surface area contributed by atoms with Gasteiger partial charge in [0, 0.05) is 6.42 Å². The van der Waals surface area contributed by atoms with Crippen molar-refractivity contribution in [3.05, 3.63) is 35.9 Å². The van der Waals surface area contributed by atoms with E-state index in [-0.39, 0.29) is 24.8 Å². The Hall–Kier alpha value is -1.68. The van der Waals surface area contributed by atoms with Gasteiger partial charge >= 0.3 is 0 Å². The number of amides is 2. The molecule has 0 unspecified atom stereocenters. The molecule has 0 radical (unpaired) electrons. The molecule has 1 aromatic rings. The molecule has 1 heterocycles. The minimum absolute atomic E-state index is 0.143. The van der Waals surface area contributed by atoms with Crippen LogP contribution in [-0.4, -0.2) is 28.4 Å². The minimum Gasteiger partial charge on any atom is -0.394 e. The summed E-state index contributed by atoms with van der Waals surface area (Å²) in [7, 11) is 0. The summed E-state index contributed by atoms with van der Waals surface area (Å²) in [5, 5.41) is 9.64. The van der Waals surface area contributed by atoms with E-state index < -0.39 is 11.5 Å². The highest BCUT2D eigenvalue weighted by Crippen LogP contribution is 2.42. The van der Waals surface area contributed by atoms with E-state index in [0.29, 0.717) is 12.8 Å². The fourth-order valence-corrected chi connectivity index (χ4v) is 2.95. The lowest BCUT2D eigenvalue weighted by Crippen LogP contribution is -2.39. The first kappa shape index (κ1) is 14.7. The van der Waals surface area contributed by atoms with Crippen molar-refractivity contribution in [3.63, 3.8) is 0 Å². The van der Waals surface area contributed by atoms with Gasteiger partial charge in [-0.15, -0.1) is 0 Å². The minimum atomic E-state index is -0.584. The van der Waals surface area contributed by atoms with Gasteiger partial charge in [0.05, 0.1) is 18.1 Å². The van der Waals surface area contributed by atoms with Crippen LogP contribution in [0, 0.1) is 5.41 Å². The van der Waals surface area contributed by atoms with E-state index in [1.165, 1.54) is 4.90 Å². The largest absolute Gasteiger partial charge is 0.394 e. The molecule has 1 aliphatic heterocycles. The highest BCUT2D eigenvalue weighted by atomic mass is 16.3. The van der Waals surface area contributed by atoms with E-state index in [4.69, 9.17) is 0 Å². The molecule has 0 bridgehead atoms. The molecule has 2 amide bonds. The number of likely N-dealkylation sites (tertiary alicyclic amines) is 1. The van der Waals surface area contributed by atoms with Crippen LogP contribution in [0.4, 0.5) is 0 Å². The standard InChI is InChI=1S/C16H21NO3/c1-3-16(4-2)10-14(19)17(15(16)20)13(11-18)12-8-6-5-7-9-12/h5-9,13,18H,3-4,10-11H2,1-2H3/t13-/m1/s1. The SMILES string of the molecule is CCC1(CC)CC(=O)N([C@H](CO)c2ccccc2)C1=O. The second kappa shape index (κ2) is 5.75. The summed E-state index contributed by atoms with van der Waals surface area (Å²) in [5.74, 6) is -0.322. The third-order valence-electron chi connectivity index (χ3n) is 4.45. The van der Waals surface area contributed by atoms with Crippen LogP contribution in [0.2, 0.25) is 0 Å². The van der Waals surface area contributed by atoms with Gasteiger partial charge in [-0.1, -0.05) is 44.2 Å². The molecule has 4 heteroatoms. The molecule has 1 atom stereocenters. The number of rotatable bonds is 5. The lowest BCUT2D eigenvalue weighted by atomic mass is 9.81. The first-order valence-electron chi connectivity index (χ1n) is 7.12. The molecule has 2 rings (SSSR count). The normalized spacial score (nSPS) is 19.4. The van der Waals surface area contributed by atoms with Crippen LogP contribution >= 0.6 is 0 Å². The van der Waals surface area contributed by atoms with Crippen molar-refractivity contribution in [1.82, 2.24) is 4.90 Å². The fourth-order valence-electron chi connectivity index (χ4n) is 2.95. The third kappa shape index (κ3) is 2.24. The second-order valence-corrected chi connectivity index (χ2v) is 5.34. The van der Waals surface area contributed by atoms with Gasteiger partial charge in [-0.25, -0.2) is 0 Å². The molecule has 4 nitrogen and oxygen atoms in total. The van der Waals surface area contributed by atoms with Crippen molar-refractivity contribution >= 4 is 11.8 Å². The number of aliphatic hydroxyl groups is 1. The molecule has 1 aromatic carbocycles. The number of benzene rings is 1. The van der Waals surface area contributed by atoms with Gasteiger partial charge < -0.3 is 5.11 Å². The molecule has 0 spiro atoms. The number of carbonyl (C=O) groups excluding carboxylic acids is 2. The molecule has 1 saturated heterocycles. The average Bonchev–Trinajstić information content (AvgIpc) is 2.74. The van der Waals surface area contributed by atoms with Crippen molar-refractivity contribution < 1.29 is 14.7 Å². The second-order valence-electron chi connectivity index (χ2n) is 5.34. The van der Waals surface area contributed by atoms with Crippen LogP contribution in [0.3, 0.4) is 0 Å². The maximum atomic E-state index is 12.7. The average molecular weight is 275 g/mol. The first-order chi connectivity index (χ1) is 9.59. The lowest BCUT2D eigenvalue weighted by molar-refractivity contribution is -0.145. The third-order valence-corrected chi connectivity index (χ3v) is 4.45. The maximum Gasteiger partial charge on any atom is 0.236 e. The van der Waals surface area contributed by atoms with Gasteiger partial charge in [-0.2, -0.15) is 0 Å². The molecule has 20 heavy (non-hydrogen) atoms. The molecule has 1 fully saturated rings. The summed E-state index contributed by atoms with van der Waals surface area (Å²) in [6.07, 6.45) is 1.55. The van der Waals surface area contributed by atoms with Crippen molar-refractivity contribution in [2.24, 2.45) is 5.41 Å². The first-order valence-corrected chi connectivity index (χ1v) is 7.12. The highest BCUT2D eigenvalue weighted by molar-refractivity contribution is 6.06. The Kier molecular flexibility index (Phi) is 4.23. The Morgan fingerprint density at radius 1 is 1.20 bits per heavy atom. The van der Waals surface area contributed by atoms with E-state index in [1.807, 2.05) is 44.2 Å². The summed E-state index contributed by atoms with van der Waals surface area (Å²) in [6, 6.07) is 8.65. The van der Waals surface area contributed by atoms with Crippen molar-refractivity contribution in [1.29, 1.82) is 0 Å². The van der Waals surface area contributed by atoms with Gasteiger partial charge in [0.1, 0.15) is 0 Å². The van der Waals surface area contributed by atoms with Gasteiger partial charge in [-0.05, 0) is 18.4 Å². The lowest BCUT2D eigenvalue weighted by Gasteiger charge is -2.28. The molecular formula is C16H21NO3. The number of nitrogens with zero attached hydrogens (tertiary/aromatic N) is 1. The van der Waals surface area contributed by atoms with Crippen molar-refractivity contribution in [3.8, 4) is 0 Å². The Balaban J connectivity index is 2.36. The molecule has 108 valence electrons. The van der Waals surface area contributed by atoms with Gasteiger partial charge in [-0.3, -0.25) is 14.5 Å². The molecule has 1 aliphatic rings. The Morgan fingerprint density at radius 2 is 1.80 bits per heavy atom.